The van der Waals surface area contributed by atoms with Crippen LogP contribution in [0.2, 0.25) is 0 Å². The highest BCUT2D eigenvalue weighted by atomic mass is 32.2. The summed E-state index contributed by atoms with van der Waals surface area (Å²) in [5.74, 6) is -0.603. The third-order valence-corrected chi connectivity index (χ3v) is 4.49. The maximum absolute atomic E-state index is 11.8. The van der Waals surface area contributed by atoms with Crippen LogP contribution < -0.4 is 11.1 Å². The van der Waals surface area contributed by atoms with Crippen LogP contribution in [0, 0.1) is 0 Å². The lowest BCUT2D eigenvalue weighted by atomic mass is 10.3. The second-order valence-electron chi connectivity index (χ2n) is 4.30. The fourth-order valence-corrected chi connectivity index (χ4v) is 2.64. The molecule has 0 aromatic rings. The van der Waals surface area contributed by atoms with Crippen molar-refractivity contribution in [1.29, 1.82) is 0 Å². The minimum absolute atomic E-state index is 0.0648. The Labute approximate surface area is 97.7 Å². The van der Waals surface area contributed by atoms with Gasteiger partial charge < -0.3 is 11.1 Å². The molecule has 0 heterocycles. The molecule has 0 aliphatic carbocycles. The van der Waals surface area contributed by atoms with E-state index in [1.165, 1.54) is 6.92 Å². The fourth-order valence-electron chi connectivity index (χ4n) is 1.13. The van der Waals surface area contributed by atoms with Gasteiger partial charge in [-0.3, -0.25) is 4.79 Å². The SMILES string of the molecule is CCC(N)CS(=O)(=O)C(C)C(=O)NC(C)C. The molecule has 2 atom stereocenters. The Balaban J connectivity index is 4.58. The van der Waals surface area contributed by atoms with Crippen LogP contribution in [0.1, 0.15) is 34.1 Å². The zero-order valence-corrected chi connectivity index (χ0v) is 11.2. The number of hydrogen-bond donors (Lipinski definition) is 2. The van der Waals surface area contributed by atoms with Gasteiger partial charge in [0.15, 0.2) is 9.84 Å². The largest absolute Gasteiger partial charge is 0.353 e. The van der Waals surface area contributed by atoms with Crippen LogP contribution in [0.3, 0.4) is 0 Å². The van der Waals surface area contributed by atoms with Crippen molar-refractivity contribution >= 4 is 15.7 Å². The summed E-state index contributed by atoms with van der Waals surface area (Å²) in [5.41, 5.74) is 5.59. The molecule has 96 valence electrons. The number of sulfone groups is 1. The molecular formula is C10H22N2O3S. The van der Waals surface area contributed by atoms with E-state index in [9.17, 15) is 13.2 Å². The van der Waals surface area contributed by atoms with E-state index in [2.05, 4.69) is 5.32 Å². The van der Waals surface area contributed by atoms with Gasteiger partial charge in [-0.05, 0) is 27.2 Å². The van der Waals surface area contributed by atoms with Crippen LogP contribution in [-0.4, -0.2) is 37.4 Å². The summed E-state index contributed by atoms with van der Waals surface area (Å²) >= 11 is 0. The van der Waals surface area contributed by atoms with Crippen LogP contribution in [-0.2, 0) is 14.6 Å². The average molecular weight is 250 g/mol. The quantitative estimate of drug-likeness (QED) is 0.697. The molecule has 0 aromatic carbocycles. The van der Waals surface area contributed by atoms with Gasteiger partial charge in [-0.2, -0.15) is 0 Å². The number of hydrogen-bond acceptors (Lipinski definition) is 4. The monoisotopic (exact) mass is 250 g/mol. The molecule has 0 aliphatic heterocycles. The Kier molecular flexibility index (Phi) is 5.96. The van der Waals surface area contributed by atoms with E-state index in [4.69, 9.17) is 5.73 Å². The van der Waals surface area contributed by atoms with Gasteiger partial charge in [0.2, 0.25) is 5.91 Å². The summed E-state index contributed by atoms with van der Waals surface area (Å²) < 4.78 is 23.6. The first-order chi connectivity index (χ1) is 7.20. The van der Waals surface area contributed by atoms with Crippen molar-refractivity contribution in [2.45, 2.75) is 51.4 Å². The highest BCUT2D eigenvalue weighted by Crippen LogP contribution is 2.05. The van der Waals surface area contributed by atoms with Gasteiger partial charge in [-0.15, -0.1) is 0 Å². The first-order valence-electron chi connectivity index (χ1n) is 5.48. The average Bonchev–Trinajstić information content (AvgIpc) is 2.14. The van der Waals surface area contributed by atoms with Gasteiger partial charge in [-0.25, -0.2) is 8.42 Å². The molecule has 0 aliphatic rings. The highest BCUT2D eigenvalue weighted by molar-refractivity contribution is 7.92. The number of amides is 1. The number of nitrogens with two attached hydrogens (primary N) is 1. The van der Waals surface area contributed by atoms with Crippen molar-refractivity contribution in [1.82, 2.24) is 5.32 Å². The maximum atomic E-state index is 11.8. The van der Waals surface area contributed by atoms with Gasteiger partial charge in [-0.1, -0.05) is 6.92 Å². The first-order valence-corrected chi connectivity index (χ1v) is 7.19. The van der Waals surface area contributed by atoms with Crippen molar-refractivity contribution in [3.63, 3.8) is 0 Å². The van der Waals surface area contributed by atoms with Crippen molar-refractivity contribution in [2.75, 3.05) is 5.75 Å². The van der Waals surface area contributed by atoms with Gasteiger partial charge in [0.25, 0.3) is 0 Å². The summed E-state index contributed by atoms with van der Waals surface area (Å²) in [6, 6.07) is -0.468. The van der Waals surface area contributed by atoms with E-state index in [1.807, 2.05) is 6.92 Å². The van der Waals surface area contributed by atoms with E-state index in [1.54, 1.807) is 13.8 Å². The van der Waals surface area contributed by atoms with Crippen LogP contribution in [0.15, 0.2) is 0 Å². The lowest BCUT2D eigenvalue weighted by Gasteiger charge is -2.17. The number of carbonyl (C=O) groups is 1. The smallest absolute Gasteiger partial charge is 0.238 e. The van der Waals surface area contributed by atoms with Crippen LogP contribution in [0.5, 0.6) is 0 Å². The van der Waals surface area contributed by atoms with Gasteiger partial charge in [0.05, 0.1) is 5.75 Å². The predicted octanol–water partition coefficient (Wildman–Crippen LogP) is 0.0516. The van der Waals surface area contributed by atoms with Gasteiger partial charge >= 0.3 is 0 Å². The summed E-state index contributed by atoms with van der Waals surface area (Å²) in [6.07, 6.45) is 0.581. The third kappa shape index (κ3) is 4.94. The second kappa shape index (κ2) is 6.20. The van der Waals surface area contributed by atoms with Gasteiger partial charge in [0.1, 0.15) is 5.25 Å². The summed E-state index contributed by atoms with van der Waals surface area (Å²) in [7, 11) is -3.45. The number of nitrogens with one attached hydrogen (secondary N) is 1. The normalized spacial score (nSPS) is 15.9. The molecule has 0 rings (SSSR count). The van der Waals surface area contributed by atoms with Crippen LogP contribution in [0.4, 0.5) is 0 Å². The molecule has 1 amide bonds. The molecular weight excluding hydrogens is 228 g/mol. The Morgan fingerprint density at radius 1 is 1.31 bits per heavy atom. The molecule has 0 radical (unpaired) electrons. The summed E-state index contributed by atoms with van der Waals surface area (Å²) in [5, 5.41) is 1.55. The van der Waals surface area contributed by atoms with Gasteiger partial charge in [0, 0.05) is 12.1 Å². The van der Waals surface area contributed by atoms with E-state index >= 15 is 0 Å². The molecule has 2 unspecified atom stereocenters. The molecule has 0 fully saturated rings. The minimum atomic E-state index is -3.45. The fraction of sp³-hybridized carbons (Fsp3) is 0.900. The predicted molar refractivity (Wildman–Crippen MR) is 64.8 cm³/mol. The molecule has 16 heavy (non-hydrogen) atoms. The molecule has 5 nitrogen and oxygen atoms in total. The van der Waals surface area contributed by atoms with E-state index in [0.29, 0.717) is 6.42 Å². The zero-order chi connectivity index (χ0) is 12.9. The highest BCUT2D eigenvalue weighted by Gasteiger charge is 2.29. The number of rotatable bonds is 6. The Morgan fingerprint density at radius 2 is 1.81 bits per heavy atom. The molecule has 0 spiro atoms. The Hall–Kier alpha value is -0.620. The Bertz CT molecular complexity index is 325. The van der Waals surface area contributed by atoms with E-state index in [0.717, 1.165) is 0 Å². The van der Waals surface area contributed by atoms with Crippen molar-refractivity contribution in [2.24, 2.45) is 5.73 Å². The van der Waals surface area contributed by atoms with Crippen LogP contribution >= 0.6 is 0 Å². The summed E-state index contributed by atoms with van der Waals surface area (Å²) in [4.78, 5) is 11.5. The lowest BCUT2D eigenvalue weighted by molar-refractivity contribution is -0.120. The first kappa shape index (κ1) is 15.4. The Morgan fingerprint density at radius 3 is 2.19 bits per heavy atom. The zero-order valence-electron chi connectivity index (χ0n) is 10.4. The molecule has 0 bridgehead atoms. The van der Waals surface area contributed by atoms with E-state index in [-0.39, 0.29) is 11.8 Å². The van der Waals surface area contributed by atoms with Crippen LogP contribution in [0.25, 0.3) is 0 Å². The topological polar surface area (TPSA) is 89.3 Å². The lowest BCUT2D eigenvalue weighted by Crippen LogP contribution is -2.44. The molecule has 0 saturated heterocycles. The summed E-state index contributed by atoms with van der Waals surface area (Å²) in [6.45, 7) is 6.79. The van der Waals surface area contributed by atoms with E-state index < -0.39 is 27.0 Å². The van der Waals surface area contributed by atoms with Crippen molar-refractivity contribution in [3.8, 4) is 0 Å². The second-order valence-corrected chi connectivity index (χ2v) is 6.67. The molecule has 0 saturated carbocycles. The van der Waals surface area contributed by atoms with Crippen molar-refractivity contribution < 1.29 is 13.2 Å². The van der Waals surface area contributed by atoms with Crippen molar-refractivity contribution in [3.05, 3.63) is 0 Å². The molecule has 6 heteroatoms. The maximum Gasteiger partial charge on any atom is 0.238 e. The minimum Gasteiger partial charge on any atom is -0.353 e. The standard InChI is InChI=1S/C10H22N2O3S/c1-5-9(11)6-16(14,15)8(4)10(13)12-7(2)3/h7-9H,5-6,11H2,1-4H3,(H,12,13). The molecule has 3 N–H and O–H groups in total. The number of carbonyl (C=O) groups excluding carboxylic acids is 1. The third-order valence-electron chi connectivity index (χ3n) is 2.31. The molecule has 0 aromatic heterocycles.